The fraction of sp³-hybridized carbons (Fsp3) is 0.600. The number of benzene rings is 1. The van der Waals surface area contributed by atoms with Crippen molar-refractivity contribution in [2.75, 3.05) is 49.3 Å². The molecule has 168 valence electrons. The van der Waals surface area contributed by atoms with Gasteiger partial charge in [-0.15, -0.1) is 0 Å². The predicted molar refractivity (Wildman–Crippen MR) is 104 cm³/mol. The van der Waals surface area contributed by atoms with Crippen LogP contribution in [0.25, 0.3) is 11.0 Å². The third-order valence-corrected chi connectivity index (χ3v) is 5.60. The Kier molecular flexibility index (Phi) is 5.19. The lowest BCUT2D eigenvalue weighted by atomic mass is 10.0. The molecule has 0 N–H and O–H groups in total. The molecule has 1 aromatic heterocycles. The highest BCUT2D eigenvalue weighted by Gasteiger charge is 2.38. The number of fused-ring (bicyclic) bond motifs is 1. The van der Waals surface area contributed by atoms with Gasteiger partial charge in [-0.25, -0.2) is 13.6 Å². The maximum atomic E-state index is 15.8. The molecular formula is C20H23F2N3O6. The van der Waals surface area contributed by atoms with E-state index in [1.165, 1.54) is 0 Å². The number of anilines is 2. The summed E-state index contributed by atoms with van der Waals surface area (Å²) in [4.78, 5) is 15.2. The normalized spacial score (nSPS) is 27.5. The molecule has 3 aliphatic heterocycles. The van der Waals surface area contributed by atoms with Gasteiger partial charge in [0.2, 0.25) is 5.58 Å². The van der Waals surface area contributed by atoms with Crippen LogP contribution >= 0.6 is 0 Å². The Balaban J connectivity index is 1.63. The SMILES string of the molecule is CC1CN(c2c(C3OCCO3)cc3c(N4CC(CF)OC4=O)noc3c2F)CC(C)O1. The predicted octanol–water partition coefficient (Wildman–Crippen LogP) is 2.92. The molecular weight excluding hydrogens is 416 g/mol. The number of hydrogen-bond acceptors (Lipinski definition) is 8. The van der Waals surface area contributed by atoms with Crippen molar-refractivity contribution in [1.82, 2.24) is 5.16 Å². The van der Waals surface area contributed by atoms with Crippen molar-refractivity contribution in [1.29, 1.82) is 0 Å². The highest BCUT2D eigenvalue weighted by Crippen LogP contribution is 2.42. The molecule has 5 rings (SSSR count). The number of halogens is 2. The summed E-state index contributed by atoms with van der Waals surface area (Å²) in [6.07, 6.45) is -2.62. The quantitative estimate of drug-likeness (QED) is 0.719. The second kappa shape index (κ2) is 7.88. The summed E-state index contributed by atoms with van der Waals surface area (Å²) in [6.45, 7) is 4.71. The van der Waals surface area contributed by atoms with Crippen LogP contribution in [0.3, 0.4) is 0 Å². The van der Waals surface area contributed by atoms with Crippen molar-refractivity contribution in [3.05, 3.63) is 17.4 Å². The van der Waals surface area contributed by atoms with Crippen LogP contribution in [0.15, 0.2) is 10.6 Å². The lowest BCUT2D eigenvalue weighted by Crippen LogP contribution is -2.46. The average Bonchev–Trinajstić information content (AvgIpc) is 3.46. The maximum absolute atomic E-state index is 15.8. The van der Waals surface area contributed by atoms with E-state index in [0.29, 0.717) is 37.6 Å². The Morgan fingerprint density at radius 2 is 1.87 bits per heavy atom. The highest BCUT2D eigenvalue weighted by atomic mass is 19.1. The van der Waals surface area contributed by atoms with Gasteiger partial charge in [0.25, 0.3) is 0 Å². The van der Waals surface area contributed by atoms with E-state index in [0.717, 1.165) is 4.90 Å². The minimum absolute atomic E-state index is 0.0371. The molecule has 1 amide bonds. The zero-order chi connectivity index (χ0) is 21.7. The summed E-state index contributed by atoms with van der Waals surface area (Å²) in [6, 6.07) is 1.66. The van der Waals surface area contributed by atoms with Crippen molar-refractivity contribution < 1.29 is 37.0 Å². The van der Waals surface area contributed by atoms with Crippen LogP contribution in [0.1, 0.15) is 25.7 Å². The second-order valence-electron chi connectivity index (χ2n) is 8.02. The monoisotopic (exact) mass is 439 g/mol. The molecule has 3 atom stereocenters. The van der Waals surface area contributed by atoms with Gasteiger partial charge >= 0.3 is 6.09 Å². The highest BCUT2D eigenvalue weighted by molar-refractivity contribution is 6.00. The summed E-state index contributed by atoms with van der Waals surface area (Å²) >= 11 is 0. The van der Waals surface area contributed by atoms with E-state index in [-0.39, 0.29) is 35.5 Å². The van der Waals surface area contributed by atoms with Crippen molar-refractivity contribution in [3.63, 3.8) is 0 Å². The molecule has 3 saturated heterocycles. The van der Waals surface area contributed by atoms with Crippen LogP contribution in [0.4, 0.5) is 25.1 Å². The number of carbonyl (C=O) groups is 1. The molecule has 4 heterocycles. The van der Waals surface area contributed by atoms with Crippen LogP contribution in [-0.4, -0.2) is 69.1 Å². The summed E-state index contributed by atoms with van der Waals surface area (Å²) in [5, 5.41) is 4.17. The number of ether oxygens (including phenoxy) is 4. The van der Waals surface area contributed by atoms with Gasteiger partial charge in [0.05, 0.1) is 43.0 Å². The number of nitrogens with zero attached hydrogens (tertiary/aromatic N) is 3. The number of aromatic nitrogens is 1. The Labute approximate surface area is 176 Å². The van der Waals surface area contributed by atoms with Crippen LogP contribution in [0, 0.1) is 5.82 Å². The molecule has 1 aromatic carbocycles. The van der Waals surface area contributed by atoms with Crippen molar-refractivity contribution in [2.45, 2.75) is 38.4 Å². The average molecular weight is 439 g/mol. The number of cyclic esters (lactones) is 1. The topological polar surface area (TPSA) is 86.5 Å². The van der Waals surface area contributed by atoms with Crippen molar-refractivity contribution >= 4 is 28.6 Å². The van der Waals surface area contributed by atoms with Gasteiger partial charge in [-0.2, -0.15) is 0 Å². The first-order valence-corrected chi connectivity index (χ1v) is 10.3. The van der Waals surface area contributed by atoms with E-state index >= 15 is 4.39 Å². The number of hydrogen-bond donors (Lipinski definition) is 0. The zero-order valence-corrected chi connectivity index (χ0v) is 17.2. The molecule has 0 radical (unpaired) electrons. The number of amides is 1. The third-order valence-electron chi connectivity index (χ3n) is 5.60. The molecule has 0 spiro atoms. The maximum Gasteiger partial charge on any atom is 0.416 e. The Bertz CT molecular complexity index is 985. The van der Waals surface area contributed by atoms with E-state index < -0.39 is 31.0 Å². The van der Waals surface area contributed by atoms with Crippen LogP contribution in [0.2, 0.25) is 0 Å². The van der Waals surface area contributed by atoms with E-state index in [1.807, 2.05) is 18.7 Å². The zero-order valence-electron chi connectivity index (χ0n) is 17.2. The van der Waals surface area contributed by atoms with Gasteiger partial charge in [-0.3, -0.25) is 4.90 Å². The Hall–Kier alpha value is -2.50. The molecule has 3 aliphatic rings. The smallest absolute Gasteiger partial charge is 0.416 e. The molecule has 3 unspecified atom stereocenters. The fourth-order valence-electron chi connectivity index (χ4n) is 4.40. The lowest BCUT2D eigenvalue weighted by Gasteiger charge is -2.38. The van der Waals surface area contributed by atoms with Gasteiger partial charge in [0.15, 0.2) is 17.9 Å². The van der Waals surface area contributed by atoms with Gasteiger partial charge in [0, 0.05) is 18.7 Å². The third kappa shape index (κ3) is 3.50. The molecule has 3 fully saturated rings. The van der Waals surface area contributed by atoms with Crippen LogP contribution in [0.5, 0.6) is 0 Å². The molecule has 0 aliphatic carbocycles. The summed E-state index contributed by atoms with van der Waals surface area (Å²) in [5.74, 6) is -0.550. The summed E-state index contributed by atoms with van der Waals surface area (Å²) < 4.78 is 56.2. The van der Waals surface area contributed by atoms with Crippen LogP contribution in [-0.2, 0) is 18.9 Å². The second-order valence-corrected chi connectivity index (χ2v) is 8.02. The first kappa shape index (κ1) is 20.4. The Morgan fingerprint density at radius 1 is 1.16 bits per heavy atom. The molecule has 9 nitrogen and oxygen atoms in total. The largest absolute Gasteiger partial charge is 0.441 e. The fourth-order valence-corrected chi connectivity index (χ4v) is 4.40. The molecule has 2 aromatic rings. The van der Waals surface area contributed by atoms with E-state index in [4.69, 9.17) is 23.5 Å². The number of morpholine rings is 1. The summed E-state index contributed by atoms with van der Waals surface area (Å²) in [5.41, 5.74) is 0.674. The van der Waals surface area contributed by atoms with Gasteiger partial charge in [0.1, 0.15) is 12.8 Å². The van der Waals surface area contributed by atoms with Gasteiger partial charge in [-0.05, 0) is 19.9 Å². The molecule has 0 saturated carbocycles. The minimum Gasteiger partial charge on any atom is -0.441 e. The standard InChI is InChI=1S/C20H23F2N3O6/c1-10-7-24(8-11(2)29-10)16-13(19-27-3-4-28-19)5-14-17(15(16)22)31-23-18(14)25-9-12(6-21)30-20(25)26/h5,10-12,19H,3-4,6-9H2,1-2H3. The molecule has 11 heteroatoms. The number of rotatable bonds is 4. The van der Waals surface area contributed by atoms with Crippen molar-refractivity contribution in [2.24, 2.45) is 0 Å². The molecule has 31 heavy (non-hydrogen) atoms. The van der Waals surface area contributed by atoms with E-state index in [1.54, 1.807) is 6.07 Å². The summed E-state index contributed by atoms with van der Waals surface area (Å²) in [7, 11) is 0. The molecule has 0 bridgehead atoms. The van der Waals surface area contributed by atoms with E-state index in [2.05, 4.69) is 5.16 Å². The first-order chi connectivity index (χ1) is 15.0. The van der Waals surface area contributed by atoms with Gasteiger partial charge in [-0.1, -0.05) is 5.16 Å². The Morgan fingerprint density at radius 3 is 2.52 bits per heavy atom. The van der Waals surface area contributed by atoms with E-state index in [9.17, 15) is 9.18 Å². The first-order valence-electron chi connectivity index (χ1n) is 10.3. The minimum atomic E-state index is -0.902. The van der Waals surface area contributed by atoms with Crippen LogP contribution < -0.4 is 9.80 Å². The number of carbonyl (C=O) groups excluding carboxylic acids is 1. The van der Waals surface area contributed by atoms with Gasteiger partial charge < -0.3 is 28.4 Å². The lowest BCUT2D eigenvalue weighted by molar-refractivity contribution is -0.0445. The number of alkyl halides is 1. The van der Waals surface area contributed by atoms with Crippen molar-refractivity contribution in [3.8, 4) is 0 Å².